The van der Waals surface area contributed by atoms with Crippen LogP contribution in [-0.4, -0.2) is 23.9 Å². The second kappa shape index (κ2) is 10.6. The molecule has 262 valence electrons. The number of fused-ring (bicyclic) bond motifs is 10. The zero-order valence-electron chi connectivity index (χ0n) is 32.5. The Morgan fingerprint density at radius 2 is 1.17 bits per heavy atom. The van der Waals surface area contributed by atoms with Crippen molar-refractivity contribution in [2.45, 2.75) is 97.1 Å². The lowest BCUT2D eigenvalue weighted by atomic mass is 9.31. The number of aromatic nitrogens is 2. The van der Waals surface area contributed by atoms with Crippen LogP contribution in [0.25, 0.3) is 33.2 Å². The van der Waals surface area contributed by atoms with E-state index in [9.17, 15) is 0 Å². The normalized spacial score (nSPS) is 17.5. The summed E-state index contributed by atoms with van der Waals surface area (Å²) < 4.78 is 5.23. The van der Waals surface area contributed by atoms with Gasteiger partial charge in [-0.3, -0.25) is 0 Å². The molecular formula is C49H49BN2Si. The maximum Gasteiger partial charge on any atom is 0.241 e. The third kappa shape index (κ3) is 4.17. The van der Waals surface area contributed by atoms with Crippen LogP contribution in [0.5, 0.6) is 0 Å². The Kier molecular flexibility index (Phi) is 6.37. The topological polar surface area (TPSA) is 9.86 Å². The lowest BCUT2D eigenvalue weighted by molar-refractivity contribution is 0.583. The summed E-state index contributed by atoms with van der Waals surface area (Å²) in [5.74, 6) is 0. The molecule has 0 spiro atoms. The molecule has 5 aromatic carbocycles. The number of nitrogens with zero attached hydrogens (tertiary/aromatic N) is 2. The third-order valence-corrected chi connectivity index (χ3v) is 17.6. The molecule has 4 heteroatoms. The van der Waals surface area contributed by atoms with E-state index in [-0.39, 0.29) is 17.5 Å². The molecule has 2 aromatic heterocycles. The van der Waals surface area contributed by atoms with E-state index < -0.39 is 8.07 Å². The van der Waals surface area contributed by atoms with Gasteiger partial charge in [0.2, 0.25) is 6.71 Å². The molecule has 2 aliphatic heterocycles. The van der Waals surface area contributed by atoms with Crippen LogP contribution in [0.4, 0.5) is 0 Å². The Morgan fingerprint density at radius 1 is 0.604 bits per heavy atom. The van der Waals surface area contributed by atoms with E-state index in [1.807, 2.05) is 0 Å². The number of hydrogen-bond donors (Lipinski definition) is 0. The van der Waals surface area contributed by atoms with Gasteiger partial charge in [0.15, 0.2) is 0 Å². The first-order valence-corrected chi connectivity index (χ1v) is 23.2. The minimum atomic E-state index is -2.13. The van der Waals surface area contributed by atoms with Crippen LogP contribution in [0, 0.1) is 0 Å². The second-order valence-electron chi connectivity index (χ2n) is 18.7. The van der Waals surface area contributed by atoms with Crippen LogP contribution in [-0.2, 0) is 36.5 Å². The van der Waals surface area contributed by atoms with Crippen molar-refractivity contribution in [3.63, 3.8) is 0 Å². The van der Waals surface area contributed by atoms with Crippen molar-refractivity contribution in [2.24, 2.45) is 0 Å². The summed E-state index contributed by atoms with van der Waals surface area (Å²) in [7, 11) is -2.13. The quantitative estimate of drug-likeness (QED) is 0.161. The molecular weight excluding hydrogens is 655 g/mol. The van der Waals surface area contributed by atoms with Gasteiger partial charge < -0.3 is 9.13 Å². The molecule has 53 heavy (non-hydrogen) atoms. The molecule has 0 unspecified atom stereocenters. The Labute approximate surface area is 316 Å². The Bertz CT molecular complexity index is 2550. The zero-order valence-corrected chi connectivity index (χ0v) is 33.5. The van der Waals surface area contributed by atoms with E-state index in [4.69, 9.17) is 0 Å². The smallest absolute Gasteiger partial charge is 0.241 e. The molecule has 0 radical (unpaired) electrons. The first kappa shape index (κ1) is 31.9. The number of para-hydroxylation sites is 2. The number of aryl methyl sites for hydroxylation is 2. The van der Waals surface area contributed by atoms with Gasteiger partial charge in [-0.25, -0.2) is 0 Å². The summed E-state index contributed by atoms with van der Waals surface area (Å²) in [4.78, 5) is 0. The summed E-state index contributed by atoms with van der Waals surface area (Å²) in [6.45, 7) is 17.7. The largest absolute Gasteiger partial charge is 0.313 e. The lowest BCUT2D eigenvalue weighted by Crippen LogP contribution is -2.79. The molecule has 0 fully saturated rings. The van der Waals surface area contributed by atoms with Crippen LogP contribution >= 0.6 is 0 Å². The predicted molar refractivity (Wildman–Crippen MR) is 229 cm³/mol. The summed E-state index contributed by atoms with van der Waals surface area (Å²) in [6, 6.07) is 38.7. The molecule has 0 saturated heterocycles. The third-order valence-electron chi connectivity index (χ3n) is 14.1. The molecule has 0 saturated carbocycles. The average molecular weight is 705 g/mol. The molecule has 0 amide bonds. The van der Waals surface area contributed by atoms with E-state index in [0.29, 0.717) is 0 Å². The van der Waals surface area contributed by atoms with E-state index in [1.54, 1.807) is 32.5 Å². The SMILES string of the molecule is CC(C)(C)c1cc2c3c(c1)[Si](C)(C)c1cc(-n4c5c(c6ccccc64)CCC5)ccc1B3c1ccc(-n3c4c(c5ccccc53)CCC4)cc1C2(C)C. The minimum Gasteiger partial charge on any atom is -0.313 e. The van der Waals surface area contributed by atoms with E-state index in [1.165, 1.54) is 92.3 Å². The van der Waals surface area contributed by atoms with Gasteiger partial charge in [-0.1, -0.05) is 135 Å². The van der Waals surface area contributed by atoms with E-state index in [2.05, 4.69) is 154 Å². The number of hydrogen-bond acceptors (Lipinski definition) is 0. The number of benzene rings is 5. The van der Waals surface area contributed by atoms with Gasteiger partial charge in [0.1, 0.15) is 8.07 Å². The average Bonchev–Trinajstić information content (AvgIpc) is 3.93. The van der Waals surface area contributed by atoms with Gasteiger partial charge in [-0.15, -0.1) is 0 Å². The first-order chi connectivity index (χ1) is 25.4. The van der Waals surface area contributed by atoms with Crippen molar-refractivity contribution in [2.75, 3.05) is 0 Å². The van der Waals surface area contributed by atoms with Crippen LogP contribution in [0.2, 0.25) is 13.1 Å². The van der Waals surface area contributed by atoms with Crippen LogP contribution in [0.15, 0.2) is 97.1 Å². The fraction of sp³-hybridized carbons (Fsp3) is 0.306. The first-order valence-electron chi connectivity index (χ1n) is 20.2. The van der Waals surface area contributed by atoms with Crippen molar-refractivity contribution in [1.29, 1.82) is 0 Å². The molecule has 7 aromatic rings. The summed E-state index contributed by atoms with van der Waals surface area (Å²) in [6.07, 6.45) is 7.20. The lowest BCUT2D eigenvalue weighted by Gasteiger charge is -2.47. The van der Waals surface area contributed by atoms with Gasteiger partial charge in [0.25, 0.3) is 0 Å². The highest BCUT2D eigenvalue weighted by Crippen LogP contribution is 2.41. The molecule has 2 aliphatic carbocycles. The summed E-state index contributed by atoms with van der Waals surface area (Å²) >= 11 is 0. The summed E-state index contributed by atoms with van der Waals surface area (Å²) in [5, 5.41) is 6.14. The predicted octanol–water partition coefficient (Wildman–Crippen LogP) is 8.14. The van der Waals surface area contributed by atoms with Crippen molar-refractivity contribution in [3.05, 3.63) is 136 Å². The van der Waals surface area contributed by atoms with Crippen molar-refractivity contribution in [3.8, 4) is 11.4 Å². The van der Waals surface area contributed by atoms with Crippen molar-refractivity contribution >= 4 is 63.4 Å². The standard InChI is InChI=1S/C49H49BN2Si/c1-48(2,3)30-26-38-47-46(27-30)53(6,7)45-29-32(52-42-19-11-9-15-34(42)36-17-13-21-44(36)52)23-25-40(45)50(47)39-24-22-31(28-37(39)49(38,4)5)51-41-18-10-8-14-33(41)35-16-12-20-43(35)51/h8-11,14-15,18-19,22-29H,12-13,16-17,20-21H2,1-7H3. The highest BCUT2D eigenvalue weighted by Gasteiger charge is 2.49. The zero-order chi connectivity index (χ0) is 36.2. The van der Waals surface area contributed by atoms with E-state index in [0.717, 1.165) is 12.8 Å². The molecule has 0 N–H and O–H groups in total. The highest BCUT2D eigenvalue weighted by atomic mass is 28.3. The van der Waals surface area contributed by atoms with Crippen LogP contribution < -0.4 is 26.8 Å². The molecule has 0 bridgehead atoms. The van der Waals surface area contributed by atoms with Gasteiger partial charge in [-0.05, 0) is 108 Å². The van der Waals surface area contributed by atoms with Crippen LogP contribution in [0.1, 0.15) is 86.7 Å². The van der Waals surface area contributed by atoms with Gasteiger partial charge in [0, 0.05) is 39.0 Å². The second-order valence-corrected chi connectivity index (χ2v) is 23.1. The van der Waals surface area contributed by atoms with Gasteiger partial charge in [-0.2, -0.15) is 0 Å². The monoisotopic (exact) mass is 704 g/mol. The van der Waals surface area contributed by atoms with Gasteiger partial charge in [0.05, 0.1) is 11.0 Å². The van der Waals surface area contributed by atoms with Crippen molar-refractivity contribution < 1.29 is 0 Å². The van der Waals surface area contributed by atoms with E-state index >= 15 is 0 Å². The minimum absolute atomic E-state index is 0.0566. The highest BCUT2D eigenvalue weighted by molar-refractivity contribution is 7.14. The molecule has 4 heterocycles. The molecule has 0 atom stereocenters. The summed E-state index contributed by atoms with van der Waals surface area (Å²) in [5.41, 5.74) is 20.6. The van der Waals surface area contributed by atoms with Crippen LogP contribution in [0.3, 0.4) is 0 Å². The molecule has 11 rings (SSSR count). The van der Waals surface area contributed by atoms with Gasteiger partial charge >= 0.3 is 0 Å². The Balaban J connectivity index is 1.18. The molecule has 2 nitrogen and oxygen atoms in total. The maximum absolute atomic E-state index is 2.65. The Morgan fingerprint density at radius 3 is 1.77 bits per heavy atom. The molecule has 4 aliphatic rings. The number of rotatable bonds is 2. The van der Waals surface area contributed by atoms with Crippen molar-refractivity contribution in [1.82, 2.24) is 9.13 Å². The maximum atomic E-state index is 2.65. The Hall–Kier alpha value is -4.54. The fourth-order valence-electron chi connectivity index (χ4n) is 11.4. The fourth-order valence-corrected chi connectivity index (χ4v) is 14.6.